The van der Waals surface area contributed by atoms with E-state index in [4.69, 9.17) is 4.74 Å². The van der Waals surface area contributed by atoms with Crippen molar-refractivity contribution >= 4 is 28.8 Å². The Bertz CT molecular complexity index is 1130. The van der Waals surface area contributed by atoms with Crippen LogP contribution in [0.25, 0.3) is 11.0 Å². The van der Waals surface area contributed by atoms with Crippen LogP contribution in [-0.2, 0) is 0 Å². The van der Waals surface area contributed by atoms with Gasteiger partial charge in [-0.05, 0) is 37.3 Å². The maximum Gasteiger partial charge on any atom is 0.261 e. The molecule has 0 bridgehead atoms. The number of rotatable bonds is 4. The number of amides is 3. The van der Waals surface area contributed by atoms with Gasteiger partial charge in [0.1, 0.15) is 11.6 Å². The number of hydrogen-bond donors (Lipinski definition) is 2. The van der Waals surface area contributed by atoms with Crippen molar-refractivity contribution in [3.8, 4) is 5.75 Å². The van der Waals surface area contributed by atoms with Gasteiger partial charge in [-0.1, -0.05) is 0 Å². The minimum Gasteiger partial charge on any atom is -0.497 e. The molecule has 3 amide bonds. The second-order valence-corrected chi connectivity index (χ2v) is 6.63. The quantitative estimate of drug-likeness (QED) is 0.678. The van der Waals surface area contributed by atoms with Crippen molar-refractivity contribution in [3.05, 3.63) is 58.9 Å². The van der Waals surface area contributed by atoms with Crippen molar-refractivity contribution in [3.63, 3.8) is 0 Å². The van der Waals surface area contributed by atoms with Gasteiger partial charge in [0.2, 0.25) is 0 Å². The lowest BCUT2D eigenvalue weighted by Crippen LogP contribution is -2.27. The number of hydrogen-bond acceptors (Lipinski definition) is 5. The molecule has 1 aromatic heterocycles. The number of fused-ring (bicyclic) bond motifs is 2. The minimum absolute atomic E-state index is 0.239. The highest BCUT2D eigenvalue weighted by Gasteiger charge is 2.33. The third kappa shape index (κ3) is 2.79. The average Bonchev–Trinajstić information content (AvgIpc) is 3.22. The SMILES string of the molecule is COc1ccc2nc(C(C)NC(=O)c3ccc4c(c3)C(=O)N(C)C4=O)[nH]c2c1. The topological polar surface area (TPSA) is 104 Å². The molecule has 142 valence electrons. The molecule has 0 fully saturated rings. The number of aromatic amines is 1. The monoisotopic (exact) mass is 378 g/mol. The van der Waals surface area contributed by atoms with Gasteiger partial charge in [0.15, 0.2) is 0 Å². The lowest BCUT2D eigenvalue weighted by Gasteiger charge is -2.11. The zero-order valence-corrected chi connectivity index (χ0v) is 15.6. The van der Waals surface area contributed by atoms with Gasteiger partial charge < -0.3 is 15.0 Å². The molecular formula is C20H18N4O4. The van der Waals surface area contributed by atoms with E-state index in [2.05, 4.69) is 15.3 Å². The molecule has 4 rings (SSSR count). The fourth-order valence-electron chi connectivity index (χ4n) is 3.19. The predicted octanol–water partition coefficient (Wildman–Crippen LogP) is 2.29. The van der Waals surface area contributed by atoms with Gasteiger partial charge in [-0.3, -0.25) is 19.3 Å². The summed E-state index contributed by atoms with van der Waals surface area (Å²) in [6.45, 7) is 1.81. The molecule has 2 aromatic carbocycles. The van der Waals surface area contributed by atoms with Crippen LogP contribution in [0.4, 0.5) is 0 Å². The Morgan fingerprint density at radius 1 is 1.14 bits per heavy atom. The number of H-pyrrole nitrogens is 1. The van der Waals surface area contributed by atoms with E-state index in [1.54, 1.807) is 7.11 Å². The fraction of sp³-hybridized carbons (Fsp3) is 0.200. The molecule has 0 aliphatic carbocycles. The largest absolute Gasteiger partial charge is 0.497 e. The number of carbonyl (C=O) groups excluding carboxylic acids is 3. The Morgan fingerprint density at radius 2 is 1.89 bits per heavy atom. The first-order valence-electron chi connectivity index (χ1n) is 8.70. The van der Waals surface area contributed by atoms with E-state index in [0.29, 0.717) is 22.7 Å². The van der Waals surface area contributed by atoms with E-state index in [-0.39, 0.29) is 23.4 Å². The smallest absolute Gasteiger partial charge is 0.261 e. The number of nitrogens with zero attached hydrogens (tertiary/aromatic N) is 2. The number of methoxy groups -OCH3 is 1. The fourth-order valence-corrected chi connectivity index (χ4v) is 3.19. The first-order chi connectivity index (χ1) is 13.4. The van der Waals surface area contributed by atoms with Crippen molar-refractivity contribution in [2.24, 2.45) is 0 Å². The molecule has 1 atom stereocenters. The van der Waals surface area contributed by atoms with Crippen molar-refractivity contribution in [1.82, 2.24) is 20.2 Å². The van der Waals surface area contributed by atoms with Crippen molar-refractivity contribution in [2.45, 2.75) is 13.0 Å². The van der Waals surface area contributed by atoms with Crippen molar-refractivity contribution in [2.75, 3.05) is 14.2 Å². The van der Waals surface area contributed by atoms with Gasteiger partial charge in [-0.15, -0.1) is 0 Å². The van der Waals surface area contributed by atoms with Gasteiger partial charge in [0.25, 0.3) is 17.7 Å². The number of imide groups is 1. The molecule has 0 saturated carbocycles. The summed E-state index contributed by atoms with van der Waals surface area (Å²) in [5.74, 6) is 0.181. The molecule has 3 aromatic rings. The Kier molecular flexibility index (Phi) is 4.11. The van der Waals surface area contributed by atoms with Crippen LogP contribution in [0.2, 0.25) is 0 Å². The number of nitrogens with one attached hydrogen (secondary N) is 2. The summed E-state index contributed by atoms with van der Waals surface area (Å²) >= 11 is 0. The molecule has 1 unspecified atom stereocenters. The maximum absolute atomic E-state index is 12.6. The third-order valence-electron chi connectivity index (χ3n) is 4.82. The maximum atomic E-state index is 12.6. The summed E-state index contributed by atoms with van der Waals surface area (Å²) < 4.78 is 5.20. The molecule has 1 aliphatic heterocycles. The summed E-state index contributed by atoms with van der Waals surface area (Å²) in [6.07, 6.45) is 0. The summed E-state index contributed by atoms with van der Waals surface area (Å²) in [5, 5.41) is 2.86. The Labute approximate surface area is 160 Å². The zero-order chi connectivity index (χ0) is 20.0. The summed E-state index contributed by atoms with van der Waals surface area (Å²) in [5.41, 5.74) is 2.42. The Balaban J connectivity index is 1.56. The molecular weight excluding hydrogens is 360 g/mol. The van der Waals surface area contributed by atoms with E-state index in [0.717, 1.165) is 15.9 Å². The molecule has 0 saturated heterocycles. The number of aromatic nitrogens is 2. The lowest BCUT2D eigenvalue weighted by atomic mass is 10.1. The first-order valence-corrected chi connectivity index (χ1v) is 8.70. The van der Waals surface area contributed by atoms with Crippen LogP contribution in [0.15, 0.2) is 36.4 Å². The predicted molar refractivity (Wildman–Crippen MR) is 101 cm³/mol. The van der Waals surface area contributed by atoms with Crippen LogP contribution in [0.5, 0.6) is 5.75 Å². The van der Waals surface area contributed by atoms with Crippen LogP contribution in [-0.4, -0.2) is 46.7 Å². The van der Waals surface area contributed by atoms with E-state index < -0.39 is 5.91 Å². The highest BCUT2D eigenvalue weighted by Crippen LogP contribution is 2.24. The van der Waals surface area contributed by atoms with E-state index >= 15 is 0 Å². The molecule has 8 heteroatoms. The second kappa shape index (κ2) is 6.49. The van der Waals surface area contributed by atoms with E-state index in [9.17, 15) is 14.4 Å². The number of carbonyl (C=O) groups is 3. The van der Waals surface area contributed by atoms with E-state index in [1.165, 1.54) is 25.2 Å². The van der Waals surface area contributed by atoms with Crippen LogP contribution in [0.1, 0.15) is 49.9 Å². The van der Waals surface area contributed by atoms with Crippen LogP contribution < -0.4 is 10.1 Å². The lowest BCUT2D eigenvalue weighted by molar-refractivity contribution is 0.0693. The molecule has 1 aliphatic rings. The summed E-state index contributed by atoms with van der Waals surface area (Å²) in [6, 6.07) is 9.59. The number of imidazole rings is 1. The third-order valence-corrected chi connectivity index (χ3v) is 4.82. The molecule has 8 nitrogen and oxygen atoms in total. The van der Waals surface area contributed by atoms with Crippen molar-refractivity contribution < 1.29 is 19.1 Å². The summed E-state index contributed by atoms with van der Waals surface area (Å²) in [4.78, 5) is 45.4. The zero-order valence-electron chi connectivity index (χ0n) is 15.6. The highest BCUT2D eigenvalue weighted by molar-refractivity contribution is 6.21. The van der Waals surface area contributed by atoms with Crippen LogP contribution >= 0.6 is 0 Å². The van der Waals surface area contributed by atoms with E-state index in [1.807, 2.05) is 25.1 Å². The molecule has 0 spiro atoms. The van der Waals surface area contributed by atoms with Crippen LogP contribution in [0.3, 0.4) is 0 Å². The van der Waals surface area contributed by atoms with Gasteiger partial charge in [-0.25, -0.2) is 4.98 Å². The standard InChI is InChI=1S/C20H18N4O4/c1-10(17-22-15-7-5-12(28-3)9-16(15)23-17)21-18(25)11-4-6-13-14(8-11)20(27)24(2)19(13)26/h4-10H,1-3H3,(H,21,25)(H,22,23). The van der Waals surface area contributed by atoms with Gasteiger partial charge in [0.05, 0.1) is 35.3 Å². The van der Waals surface area contributed by atoms with Crippen molar-refractivity contribution in [1.29, 1.82) is 0 Å². The molecule has 2 heterocycles. The van der Waals surface area contributed by atoms with Gasteiger partial charge in [-0.2, -0.15) is 0 Å². The van der Waals surface area contributed by atoms with Gasteiger partial charge in [0, 0.05) is 18.7 Å². The Hall–Kier alpha value is -3.68. The Morgan fingerprint density at radius 3 is 2.64 bits per heavy atom. The molecule has 0 radical (unpaired) electrons. The summed E-state index contributed by atoms with van der Waals surface area (Å²) in [7, 11) is 3.01. The molecule has 2 N–H and O–H groups in total. The van der Waals surface area contributed by atoms with Crippen LogP contribution in [0, 0.1) is 0 Å². The number of benzene rings is 2. The normalized spacial score (nSPS) is 14.3. The minimum atomic E-state index is -0.408. The average molecular weight is 378 g/mol. The second-order valence-electron chi connectivity index (χ2n) is 6.63. The number of ether oxygens (including phenoxy) is 1. The highest BCUT2D eigenvalue weighted by atomic mass is 16.5. The molecule has 28 heavy (non-hydrogen) atoms. The van der Waals surface area contributed by atoms with Gasteiger partial charge >= 0.3 is 0 Å². The first kappa shape index (κ1) is 17.7.